The van der Waals surface area contributed by atoms with Crippen LogP contribution in [0, 0.1) is 17.1 Å². The van der Waals surface area contributed by atoms with Crippen LogP contribution in [0.25, 0.3) is 11.0 Å². The fraction of sp³-hybridized carbons (Fsp3) is 0.227. The predicted molar refractivity (Wildman–Crippen MR) is 111 cm³/mol. The van der Waals surface area contributed by atoms with Gasteiger partial charge in [-0.15, -0.1) is 0 Å². The van der Waals surface area contributed by atoms with Gasteiger partial charge in [-0.2, -0.15) is 5.26 Å². The van der Waals surface area contributed by atoms with Crippen LogP contribution in [0.5, 0.6) is 0 Å². The van der Waals surface area contributed by atoms with Gasteiger partial charge in [0.25, 0.3) is 17.7 Å². The lowest BCUT2D eigenvalue weighted by molar-refractivity contribution is -0.131. The third kappa shape index (κ3) is 4.68. The maximum atomic E-state index is 13.6. The lowest BCUT2D eigenvalue weighted by Crippen LogP contribution is -2.43. The van der Waals surface area contributed by atoms with E-state index in [9.17, 15) is 27.6 Å². The molecule has 1 saturated heterocycles. The summed E-state index contributed by atoms with van der Waals surface area (Å²) in [5.74, 6) is -6.20. The summed E-state index contributed by atoms with van der Waals surface area (Å²) in [5.41, 5.74) is 0.101. The number of hydrogen-bond donors (Lipinski definition) is 2. The number of furan rings is 1. The highest BCUT2D eigenvalue weighted by Crippen LogP contribution is 2.31. The summed E-state index contributed by atoms with van der Waals surface area (Å²) in [4.78, 5) is 42.1. The summed E-state index contributed by atoms with van der Waals surface area (Å²) >= 11 is 0. The van der Waals surface area contributed by atoms with Crippen molar-refractivity contribution in [2.75, 3.05) is 18.4 Å². The minimum Gasteiger partial charge on any atom is -0.451 e. The smallest absolute Gasteiger partial charge is 0.291 e. The van der Waals surface area contributed by atoms with E-state index in [2.05, 4.69) is 15.6 Å². The van der Waals surface area contributed by atoms with Gasteiger partial charge in [-0.05, 0) is 24.3 Å². The Morgan fingerprint density at radius 3 is 2.79 bits per heavy atom. The highest BCUT2D eigenvalue weighted by molar-refractivity contribution is 6.09. The minimum absolute atomic E-state index is 0.00769. The second-order valence-electron chi connectivity index (χ2n) is 7.58. The van der Waals surface area contributed by atoms with Gasteiger partial charge < -0.3 is 20.0 Å². The van der Waals surface area contributed by atoms with Crippen molar-refractivity contribution in [2.45, 2.75) is 18.4 Å². The Bertz CT molecular complexity index is 1330. The molecular formula is C22H16F3N5O4. The van der Waals surface area contributed by atoms with Crippen molar-refractivity contribution in [3.8, 4) is 6.07 Å². The highest BCUT2D eigenvalue weighted by atomic mass is 19.3. The number of anilines is 1. The number of nitriles is 1. The van der Waals surface area contributed by atoms with Gasteiger partial charge in [0.2, 0.25) is 5.91 Å². The molecule has 9 nitrogen and oxygen atoms in total. The number of halogens is 3. The molecule has 2 aromatic heterocycles. The van der Waals surface area contributed by atoms with E-state index in [1.165, 1.54) is 36.7 Å². The van der Waals surface area contributed by atoms with Crippen LogP contribution < -0.4 is 10.6 Å². The van der Waals surface area contributed by atoms with E-state index in [4.69, 9.17) is 9.68 Å². The van der Waals surface area contributed by atoms with Crippen molar-refractivity contribution >= 4 is 34.4 Å². The number of benzene rings is 1. The molecule has 1 aliphatic rings. The molecule has 0 radical (unpaired) electrons. The molecule has 3 heterocycles. The lowest BCUT2D eigenvalue weighted by Gasteiger charge is -2.19. The number of carbonyl (C=O) groups is 3. The molecule has 2 N–H and O–H groups in total. The van der Waals surface area contributed by atoms with E-state index in [1.807, 2.05) is 0 Å². The van der Waals surface area contributed by atoms with Crippen LogP contribution in [0.1, 0.15) is 27.3 Å². The number of aromatic nitrogens is 1. The second-order valence-corrected chi connectivity index (χ2v) is 7.58. The molecule has 4 rings (SSSR count). The van der Waals surface area contributed by atoms with E-state index < -0.39 is 55.0 Å². The Morgan fingerprint density at radius 2 is 2.03 bits per heavy atom. The van der Waals surface area contributed by atoms with Crippen LogP contribution in [0.15, 0.2) is 47.1 Å². The van der Waals surface area contributed by atoms with Gasteiger partial charge in [0.1, 0.15) is 17.4 Å². The number of alkyl halides is 2. The molecular weight excluding hydrogens is 455 g/mol. The largest absolute Gasteiger partial charge is 0.451 e. The summed E-state index contributed by atoms with van der Waals surface area (Å²) in [6.07, 6.45) is 1.71. The summed E-state index contributed by atoms with van der Waals surface area (Å²) < 4.78 is 45.8. The third-order valence-corrected chi connectivity index (χ3v) is 5.16. The SMILES string of the molecule is N#C[C@@H]1CC(F)(F)CN1C(=O)CNC(=O)c1ccncc1NC(=O)c1cc2ccc(F)cc2o1. The number of amides is 3. The van der Waals surface area contributed by atoms with Crippen LogP contribution in [0.3, 0.4) is 0 Å². The maximum absolute atomic E-state index is 13.6. The summed E-state index contributed by atoms with van der Waals surface area (Å²) in [7, 11) is 0. The third-order valence-electron chi connectivity index (χ3n) is 5.16. The molecule has 0 bridgehead atoms. The molecule has 34 heavy (non-hydrogen) atoms. The summed E-state index contributed by atoms with van der Waals surface area (Å²) in [6, 6.07) is 6.83. The van der Waals surface area contributed by atoms with E-state index >= 15 is 0 Å². The van der Waals surface area contributed by atoms with Crippen LogP contribution in [-0.2, 0) is 4.79 Å². The molecule has 1 fully saturated rings. The first kappa shape index (κ1) is 22.8. The molecule has 1 aliphatic heterocycles. The molecule has 3 aromatic rings. The Labute approximate surface area is 190 Å². The summed E-state index contributed by atoms with van der Waals surface area (Å²) in [5, 5.41) is 14.3. The number of fused-ring (bicyclic) bond motifs is 1. The van der Waals surface area contributed by atoms with Crippen molar-refractivity contribution in [1.82, 2.24) is 15.2 Å². The van der Waals surface area contributed by atoms with Crippen molar-refractivity contribution in [1.29, 1.82) is 5.26 Å². The van der Waals surface area contributed by atoms with Crippen LogP contribution in [0.4, 0.5) is 18.9 Å². The monoisotopic (exact) mass is 471 g/mol. The zero-order valence-corrected chi connectivity index (χ0v) is 17.3. The zero-order valence-electron chi connectivity index (χ0n) is 17.3. The Balaban J connectivity index is 1.44. The Hall–Kier alpha value is -4.40. The average molecular weight is 471 g/mol. The molecule has 3 amide bonds. The number of rotatable bonds is 5. The number of hydrogen-bond acceptors (Lipinski definition) is 6. The van der Waals surface area contributed by atoms with Crippen molar-refractivity contribution in [2.24, 2.45) is 0 Å². The second kappa shape index (κ2) is 8.86. The van der Waals surface area contributed by atoms with E-state index in [1.54, 1.807) is 6.07 Å². The fourth-order valence-electron chi connectivity index (χ4n) is 3.54. The van der Waals surface area contributed by atoms with E-state index in [0.29, 0.717) is 5.39 Å². The first-order valence-electron chi connectivity index (χ1n) is 9.96. The molecule has 0 saturated carbocycles. The first-order chi connectivity index (χ1) is 16.2. The topological polar surface area (TPSA) is 128 Å². The van der Waals surface area contributed by atoms with Crippen molar-refractivity contribution in [3.05, 3.63) is 59.9 Å². The van der Waals surface area contributed by atoms with Gasteiger partial charge in [-0.1, -0.05) is 0 Å². The molecule has 174 valence electrons. The van der Waals surface area contributed by atoms with Crippen molar-refractivity contribution in [3.63, 3.8) is 0 Å². The quantitative estimate of drug-likeness (QED) is 0.589. The van der Waals surface area contributed by atoms with E-state index in [0.717, 1.165) is 11.0 Å². The van der Waals surface area contributed by atoms with Crippen LogP contribution in [0.2, 0.25) is 0 Å². The van der Waals surface area contributed by atoms with Gasteiger partial charge in [0, 0.05) is 24.1 Å². The standard InChI is InChI=1S/C22H16F3N5O4/c23-13-2-1-12-5-18(34-17(12)6-13)21(33)29-16-9-27-4-3-15(16)20(32)28-10-19(31)30-11-22(24,25)7-14(30)8-26/h1-6,9,14H,7,10-11H2,(H,28,32)(H,29,33)/t14-/m0/s1. The highest BCUT2D eigenvalue weighted by Gasteiger charge is 2.47. The van der Waals surface area contributed by atoms with Gasteiger partial charge >= 0.3 is 0 Å². The number of pyridine rings is 1. The van der Waals surface area contributed by atoms with Gasteiger partial charge in [-0.25, -0.2) is 13.2 Å². The molecule has 12 heteroatoms. The maximum Gasteiger partial charge on any atom is 0.291 e. The minimum atomic E-state index is -3.18. The molecule has 1 atom stereocenters. The van der Waals surface area contributed by atoms with Gasteiger partial charge in [-0.3, -0.25) is 19.4 Å². The number of likely N-dealkylation sites (tertiary alicyclic amines) is 1. The van der Waals surface area contributed by atoms with Gasteiger partial charge in [0.05, 0.1) is 36.6 Å². The molecule has 0 unspecified atom stereocenters. The predicted octanol–water partition coefficient (Wildman–Crippen LogP) is 2.71. The number of nitrogens with one attached hydrogen (secondary N) is 2. The van der Waals surface area contributed by atoms with E-state index in [-0.39, 0.29) is 22.6 Å². The molecule has 1 aromatic carbocycles. The Morgan fingerprint density at radius 1 is 1.24 bits per heavy atom. The van der Waals surface area contributed by atoms with Gasteiger partial charge in [0.15, 0.2) is 5.76 Å². The Kier molecular flexibility index (Phi) is 5.93. The van der Waals surface area contributed by atoms with Crippen LogP contribution in [-0.4, -0.2) is 52.7 Å². The van der Waals surface area contributed by atoms with Crippen molar-refractivity contribution < 1.29 is 32.0 Å². The fourth-order valence-corrected chi connectivity index (χ4v) is 3.54. The molecule has 0 aliphatic carbocycles. The normalized spacial score (nSPS) is 16.8. The average Bonchev–Trinajstić information content (AvgIpc) is 3.37. The number of nitrogens with zero attached hydrogens (tertiary/aromatic N) is 3. The zero-order chi connectivity index (χ0) is 24.5. The summed E-state index contributed by atoms with van der Waals surface area (Å²) in [6.45, 7) is -1.53. The molecule has 0 spiro atoms. The number of carbonyl (C=O) groups excluding carboxylic acids is 3. The first-order valence-corrected chi connectivity index (χ1v) is 9.96. The van der Waals surface area contributed by atoms with Crippen LogP contribution >= 0.6 is 0 Å². The lowest BCUT2D eigenvalue weighted by atomic mass is 10.2.